The van der Waals surface area contributed by atoms with E-state index in [2.05, 4.69) is 24.0 Å². The molecule has 1 fully saturated rings. The van der Waals surface area contributed by atoms with Gasteiger partial charge < -0.3 is 5.32 Å². The molecule has 0 bridgehead atoms. The van der Waals surface area contributed by atoms with Gasteiger partial charge in [-0.2, -0.15) is 23.5 Å². The number of nitrogens with one attached hydrogen (secondary N) is 1. The molecule has 0 spiro atoms. The molecule has 0 aromatic rings. The summed E-state index contributed by atoms with van der Waals surface area (Å²) >= 11 is 4.13. The van der Waals surface area contributed by atoms with Crippen LogP contribution in [0.1, 0.15) is 19.8 Å². The lowest BCUT2D eigenvalue weighted by molar-refractivity contribution is 0.499. The van der Waals surface area contributed by atoms with Crippen LogP contribution in [-0.2, 0) is 0 Å². The highest BCUT2D eigenvalue weighted by Gasteiger charge is 2.11. The maximum absolute atomic E-state index is 3.62. The van der Waals surface area contributed by atoms with Gasteiger partial charge in [0.15, 0.2) is 0 Å². The molecule has 1 N–H and O–H groups in total. The lowest BCUT2D eigenvalue weighted by Gasteiger charge is -2.22. The zero-order chi connectivity index (χ0) is 8.65. The number of hydrogen-bond donors (Lipinski definition) is 1. The minimum absolute atomic E-state index is 0.823. The Hall–Kier alpha value is 0.660. The third kappa shape index (κ3) is 4.63. The van der Waals surface area contributed by atoms with Crippen molar-refractivity contribution >= 4 is 23.5 Å². The van der Waals surface area contributed by atoms with Gasteiger partial charge >= 0.3 is 0 Å². The summed E-state index contributed by atoms with van der Waals surface area (Å²) in [5, 5.41) is 3.62. The lowest BCUT2D eigenvalue weighted by atomic mass is 10.1. The van der Waals surface area contributed by atoms with Crippen LogP contribution in [0.3, 0.4) is 0 Å². The molecule has 0 atom stereocenters. The van der Waals surface area contributed by atoms with E-state index in [0.717, 1.165) is 6.04 Å². The van der Waals surface area contributed by atoms with Crippen LogP contribution in [0.5, 0.6) is 0 Å². The normalized spacial score (nSPS) is 19.8. The van der Waals surface area contributed by atoms with Crippen LogP contribution in [-0.4, -0.2) is 35.6 Å². The zero-order valence-corrected chi connectivity index (χ0v) is 9.48. The van der Waals surface area contributed by atoms with Gasteiger partial charge in [0.2, 0.25) is 0 Å². The molecule has 1 heterocycles. The monoisotopic (exact) mass is 205 g/mol. The topological polar surface area (TPSA) is 12.0 Å². The van der Waals surface area contributed by atoms with Crippen LogP contribution in [0.4, 0.5) is 0 Å². The first-order chi connectivity index (χ1) is 5.93. The van der Waals surface area contributed by atoms with Crippen LogP contribution in [0, 0.1) is 0 Å². The third-order valence-corrected chi connectivity index (χ3v) is 4.05. The van der Waals surface area contributed by atoms with Crippen molar-refractivity contribution in [2.45, 2.75) is 25.8 Å². The Morgan fingerprint density at radius 1 is 1.42 bits per heavy atom. The number of thioether (sulfide) groups is 2. The average Bonchev–Trinajstić information content (AvgIpc) is 2.14. The largest absolute Gasteiger partial charge is 0.313 e. The fourth-order valence-electron chi connectivity index (χ4n) is 1.38. The smallest absolute Gasteiger partial charge is 0.00831 e. The molecule has 1 rings (SSSR count). The Morgan fingerprint density at radius 2 is 2.17 bits per heavy atom. The third-order valence-electron chi connectivity index (χ3n) is 2.10. The predicted octanol–water partition coefficient (Wildman–Crippen LogP) is 2.22. The Morgan fingerprint density at radius 3 is 2.83 bits per heavy atom. The molecular weight excluding hydrogens is 186 g/mol. The highest BCUT2D eigenvalue weighted by Crippen LogP contribution is 2.16. The second-order valence-electron chi connectivity index (χ2n) is 3.04. The first-order valence-electron chi connectivity index (χ1n) is 4.82. The molecule has 1 saturated heterocycles. The van der Waals surface area contributed by atoms with Crippen molar-refractivity contribution in [3.63, 3.8) is 0 Å². The summed E-state index contributed by atoms with van der Waals surface area (Å²) in [7, 11) is 0. The maximum atomic E-state index is 3.62. The fourth-order valence-corrected chi connectivity index (χ4v) is 3.04. The van der Waals surface area contributed by atoms with Crippen LogP contribution in [0.2, 0.25) is 0 Å². The summed E-state index contributed by atoms with van der Waals surface area (Å²) in [6.07, 6.45) is 2.75. The highest BCUT2D eigenvalue weighted by molar-refractivity contribution is 7.99. The molecule has 0 aromatic carbocycles. The standard InChI is InChI=1S/C9H19NS2/c1-2-11-8-5-10-9-3-6-12-7-4-9/h9-10H,2-8H2,1H3. The van der Waals surface area contributed by atoms with Gasteiger partial charge in [-0.05, 0) is 30.1 Å². The average molecular weight is 205 g/mol. The van der Waals surface area contributed by atoms with E-state index in [4.69, 9.17) is 0 Å². The molecule has 0 aliphatic carbocycles. The van der Waals surface area contributed by atoms with E-state index >= 15 is 0 Å². The van der Waals surface area contributed by atoms with Crippen molar-refractivity contribution < 1.29 is 0 Å². The van der Waals surface area contributed by atoms with Crippen molar-refractivity contribution in [3.8, 4) is 0 Å². The lowest BCUT2D eigenvalue weighted by Crippen LogP contribution is -2.34. The molecule has 3 heteroatoms. The van der Waals surface area contributed by atoms with E-state index in [-0.39, 0.29) is 0 Å². The quantitative estimate of drug-likeness (QED) is 0.691. The van der Waals surface area contributed by atoms with E-state index in [1.54, 1.807) is 0 Å². The maximum Gasteiger partial charge on any atom is 0.00831 e. The van der Waals surface area contributed by atoms with Gasteiger partial charge in [-0.3, -0.25) is 0 Å². The van der Waals surface area contributed by atoms with Crippen molar-refractivity contribution in [2.24, 2.45) is 0 Å². The summed E-state index contributed by atoms with van der Waals surface area (Å²) < 4.78 is 0. The van der Waals surface area contributed by atoms with E-state index < -0.39 is 0 Å². The Labute approximate surface area is 84.4 Å². The Balaban J connectivity index is 1.91. The van der Waals surface area contributed by atoms with E-state index in [0.29, 0.717) is 0 Å². The summed E-state index contributed by atoms with van der Waals surface area (Å²) in [6.45, 7) is 3.43. The van der Waals surface area contributed by atoms with Crippen LogP contribution in [0.15, 0.2) is 0 Å². The van der Waals surface area contributed by atoms with Crippen LogP contribution < -0.4 is 5.32 Å². The Bertz CT molecular complexity index is 103. The van der Waals surface area contributed by atoms with Gasteiger partial charge in [0.25, 0.3) is 0 Å². The first-order valence-corrected chi connectivity index (χ1v) is 7.13. The highest BCUT2D eigenvalue weighted by atomic mass is 32.2. The van der Waals surface area contributed by atoms with Crippen LogP contribution in [0.25, 0.3) is 0 Å². The van der Waals surface area contributed by atoms with Crippen molar-refractivity contribution in [2.75, 3.05) is 29.6 Å². The van der Waals surface area contributed by atoms with Gasteiger partial charge in [-0.25, -0.2) is 0 Å². The second-order valence-corrected chi connectivity index (χ2v) is 5.66. The SMILES string of the molecule is CCSCCNC1CCSCC1. The molecule has 0 aromatic heterocycles. The number of hydrogen-bond acceptors (Lipinski definition) is 3. The van der Waals surface area contributed by atoms with Gasteiger partial charge in [0, 0.05) is 18.3 Å². The zero-order valence-electron chi connectivity index (χ0n) is 7.84. The fraction of sp³-hybridized carbons (Fsp3) is 1.00. The minimum Gasteiger partial charge on any atom is -0.313 e. The number of rotatable bonds is 5. The second kappa shape index (κ2) is 7.10. The van der Waals surface area contributed by atoms with E-state index in [1.165, 1.54) is 42.4 Å². The summed E-state index contributed by atoms with van der Waals surface area (Å²) in [4.78, 5) is 0. The molecular formula is C9H19NS2. The summed E-state index contributed by atoms with van der Waals surface area (Å²) in [6, 6.07) is 0.823. The summed E-state index contributed by atoms with van der Waals surface area (Å²) in [5.41, 5.74) is 0. The molecule has 0 amide bonds. The van der Waals surface area contributed by atoms with E-state index in [1.807, 2.05) is 11.8 Å². The Kier molecular flexibility index (Phi) is 6.35. The predicted molar refractivity (Wildman–Crippen MR) is 61.3 cm³/mol. The first kappa shape index (κ1) is 10.7. The molecule has 1 aliphatic heterocycles. The van der Waals surface area contributed by atoms with Gasteiger partial charge in [-0.1, -0.05) is 6.92 Å². The van der Waals surface area contributed by atoms with Gasteiger partial charge in [0.05, 0.1) is 0 Å². The van der Waals surface area contributed by atoms with Gasteiger partial charge in [-0.15, -0.1) is 0 Å². The molecule has 72 valence electrons. The van der Waals surface area contributed by atoms with Gasteiger partial charge in [0.1, 0.15) is 0 Å². The molecule has 0 radical (unpaired) electrons. The molecule has 1 nitrogen and oxygen atoms in total. The van der Waals surface area contributed by atoms with Crippen molar-refractivity contribution in [1.29, 1.82) is 0 Å². The molecule has 12 heavy (non-hydrogen) atoms. The van der Waals surface area contributed by atoms with Crippen molar-refractivity contribution in [3.05, 3.63) is 0 Å². The summed E-state index contributed by atoms with van der Waals surface area (Å²) in [5.74, 6) is 5.25. The van der Waals surface area contributed by atoms with Crippen LogP contribution >= 0.6 is 23.5 Å². The molecule has 0 unspecified atom stereocenters. The molecule has 1 aliphatic rings. The van der Waals surface area contributed by atoms with E-state index in [9.17, 15) is 0 Å². The molecule has 0 saturated carbocycles. The van der Waals surface area contributed by atoms with Crippen molar-refractivity contribution in [1.82, 2.24) is 5.32 Å². The minimum atomic E-state index is 0.823.